The van der Waals surface area contributed by atoms with E-state index in [1.165, 1.54) is 16.9 Å². The maximum Gasteiger partial charge on any atom is 0.265 e. The lowest BCUT2D eigenvalue weighted by atomic mass is 9.90. The van der Waals surface area contributed by atoms with Crippen LogP contribution in [0, 0.1) is 5.92 Å². The molecule has 0 saturated heterocycles. The van der Waals surface area contributed by atoms with E-state index in [0.29, 0.717) is 0 Å². The summed E-state index contributed by atoms with van der Waals surface area (Å²) in [5.41, 5.74) is 2.16. The summed E-state index contributed by atoms with van der Waals surface area (Å²) in [5.74, 6) is 0.719. The van der Waals surface area contributed by atoms with Crippen molar-refractivity contribution < 1.29 is 4.79 Å². The fourth-order valence-corrected chi connectivity index (χ4v) is 3.55. The molecule has 1 aliphatic rings. The molecule has 0 radical (unpaired) electrons. The van der Waals surface area contributed by atoms with E-state index in [1.54, 1.807) is 35.9 Å². The van der Waals surface area contributed by atoms with E-state index in [9.17, 15) is 4.79 Å². The minimum absolute atomic E-state index is 0.0155. The Morgan fingerprint density at radius 1 is 1.42 bits per heavy atom. The number of thiophene rings is 1. The van der Waals surface area contributed by atoms with Crippen molar-refractivity contribution in [2.45, 2.75) is 26.2 Å². The summed E-state index contributed by atoms with van der Waals surface area (Å²) in [4.78, 5) is 18.3. The fraction of sp³-hybridized carbons (Fsp3) is 0.333. The summed E-state index contributed by atoms with van der Waals surface area (Å²) in [6.07, 6.45) is 6.81. The van der Waals surface area contributed by atoms with Gasteiger partial charge in [-0.1, -0.05) is 6.92 Å². The van der Waals surface area contributed by atoms with Gasteiger partial charge >= 0.3 is 0 Å². The van der Waals surface area contributed by atoms with Crippen LogP contribution in [0.4, 0.5) is 5.69 Å². The second-order valence-corrected chi connectivity index (χ2v) is 6.23. The molecule has 1 amide bonds. The lowest BCUT2D eigenvalue weighted by molar-refractivity contribution is 0.103. The van der Waals surface area contributed by atoms with Crippen LogP contribution in [-0.2, 0) is 12.8 Å². The first-order valence-corrected chi connectivity index (χ1v) is 7.37. The van der Waals surface area contributed by atoms with E-state index >= 15 is 0 Å². The topological polar surface area (TPSA) is 42.0 Å². The van der Waals surface area contributed by atoms with Crippen LogP contribution in [0.5, 0.6) is 0 Å². The molecule has 3 nitrogen and oxygen atoms in total. The number of nitrogens with one attached hydrogen (secondary N) is 1. The van der Waals surface area contributed by atoms with Crippen molar-refractivity contribution in [3.8, 4) is 0 Å². The van der Waals surface area contributed by atoms with Crippen molar-refractivity contribution in [1.82, 2.24) is 4.98 Å². The zero-order valence-electron chi connectivity index (χ0n) is 10.8. The molecule has 2 aromatic heterocycles. The number of hydrogen-bond acceptors (Lipinski definition) is 3. The molecule has 0 aromatic carbocycles. The first-order chi connectivity index (χ1) is 9.22. The van der Waals surface area contributed by atoms with Gasteiger partial charge in [-0.3, -0.25) is 9.78 Å². The number of aryl methyl sites for hydroxylation is 1. The highest BCUT2D eigenvalue weighted by molar-refractivity contribution is 7.14. The highest BCUT2D eigenvalue weighted by Crippen LogP contribution is 2.32. The molecule has 1 N–H and O–H groups in total. The molecule has 19 heavy (non-hydrogen) atoms. The molecule has 2 aromatic rings. The number of amides is 1. The second kappa shape index (κ2) is 5.13. The van der Waals surface area contributed by atoms with Gasteiger partial charge in [0, 0.05) is 23.0 Å². The van der Waals surface area contributed by atoms with E-state index in [4.69, 9.17) is 0 Å². The molecule has 4 heteroatoms. The Morgan fingerprint density at radius 3 is 3.00 bits per heavy atom. The molecular formula is C15H16N2OS. The monoisotopic (exact) mass is 272 g/mol. The van der Waals surface area contributed by atoms with Crippen molar-refractivity contribution in [2.75, 3.05) is 5.32 Å². The van der Waals surface area contributed by atoms with Crippen molar-refractivity contribution in [2.24, 2.45) is 5.92 Å². The largest absolute Gasteiger partial charge is 0.321 e. The minimum Gasteiger partial charge on any atom is -0.321 e. The lowest BCUT2D eigenvalue weighted by Gasteiger charge is -2.16. The molecule has 0 spiro atoms. The first-order valence-electron chi connectivity index (χ1n) is 6.55. The third-order valence-electron chi connectivity index (χ3n) is 3.49. The average molecular weight is 272 g/mol. The Morgan fingerprint density at radius 2 is 2.21 bits per heavy atom. The Balaban J connectivity index is 1.78. The molecule has 0 fully saturated rings. The van der Waals surface area contributed by atoms with Crippen LogP contribution in [0.1, 0.15) is 33.5 Å². The molecule has 2 heterocycles. The van der Waals surface area contributed by atoms with E-state index in [-0.39, 0.29) is 5.91 Å². The predicted octanol–water partition coefficient (Wildman–Crippen LogP) is 3.52. The van der Waals surface area contributed by atoms with E-state index in [0.717, 1.165) is 29.3 Å². The number of aromatic nitrogens is 1. The standard InChI is InChI=1S/C15H16N2OS/c1-10-2-3-13-11(8-10)9-14(19-13)15(18)17-12-4-6-16-7-5-12/h4-7,9-10H,2-3,8H2,1H3,(H,16,17,18)/t10-/m0/s1. The minimum atomic E-state index is -0.0155. The van der Waals surface area contributed by atoms with Gasteiger partial charge in [-0.05, 0) is 48.9 Å². The SMILES string of the molecule is C[C@H]1CCc2sc(C(=O)Nc3ccncc3)cc2C1. The van der Waals surface area contributed by atoms with Gasteiger partial charge < -0.3 is 5.32 Å². The highest BCUT2D eigenvalue weighted by atomic mass is 32.1. The zero-order chi connectivity index (χ0) is 13.2. The molecule has 3 rings (SSSR count). The van der Waals surface area contributed by atoms with Crippen LogP contribution >= 0.6 is 11.3 Å². The summed E-state index contributed by atoms with van der Waals surface area (Å²) in [7, 11) is 0. The lowest BCUT2D eigenvalue weighted by Crippen LogP contribution is -2.10. The predicted molar refractivity (Wildman–Crippen MR) is 77.7 cm³/mol. The fourth-order valence-electron chi connectivity index (χ4n) is 2.45. The number of pyridine rings is 1. The zero-order valence-corrected chi connectivity index (χ0v) is 11.7. The summed E-state index contributed by atoms with van der Waals surface area (Å²) in [6, 6.07) is 5.66. The van der Waals surface area contributed by atoms with E-state index in [1.807, 2.05) is 0 Å². The maximum absolute atomic E-state index is 12.2. The van der Waals surface area contributed by atoms with Gasteiger partial charge in [0.15, 0.2) is 0 Å². The van der Waals surface area contributed by atoms with Crippen LogP contribution in [0.15, 0.2) is 30.6 Å². The van der Waals surface area contributed by atoms with Gasteiger partial charge in [-0.2, -0.15) is 0 Å². The highest BCUT2D eigenvalue weighted by Gasteiger charge is 2.20. The van der Waals surface area contributed by atoms with Crippen molar-refractivity contribution in [3.63, 3.8) is 0 Å². The van der Waals surface area contributed by atoms with Gasteiger partial charge in [-0.15, -0.1) is 11.3 Å². The van der Waals surface area contributed by atoms with Crippen LogP contribution < -0.4 is 5.32 Å². The third-order valence-corrected chi connectivity index (χ3v) is 4.73. The van der Waals surface area contributed by atoms with Crippen LogP contribution in [-0.4, -0.2) is 10.9 Å². The Hall–Kier alpha value is -1.68. The molecule has 0 aliphatic heterocycles. The Labute approximate surface area is 116 Å². The summed E-state index contributed by atoms with van der Waals surface area (Å²) in [5, 5.41) is 2.91. The van der Waals surface area contributed by atoms with Gasteiger partial charge in [-0.25, -0.2) is 0 Å². The maximum atomic E-state index is 12.2. The van der Waals surface area contributed by atoms with Gasteiger partial charge in [0.1, 0.15) is 0 Å². The van der Waals surface area contributed by atoms with Crippen LogP contribution in [0.3, 0.4) is 0 Å². The van der Waals surface area contributed by atoms with Crippen molar-refractivity contribution in [3.05, 3.63) is 45.9 Å². The quantitative estimate of drug-likeness (QED) is 0.909. The number of hydrogen-bond donors (Lipinski definition) is 1. The molecule has 0 unspecified atom stereocenters. The van der Waals surface area contributed by atoms with Crippen LogP contribution in [0.2, 0.25) is 0 Å². The second-order valence-electron chi connectivity index (χ2n) is 5.10. The smallest absolute Gasteiger partial charge is 0.265 e. The number of anilines is 1. The molecule has 0 saturated carbocycles. The Bertz CT molecular complexity index is 591. The third kappa shape index (κ3) is 2.68. The first kappa shape index (κ1) is 12.4. The Kier molecular flexibility index (Phi) is 3.34. The van der Waals surface area contributed by atoms with E-state index < -0.39 is 0 Å². The van der Waals surface area contributed by atoms with Gasteiger partial charge in [0.2, 0.25) is 0 Å². The van der Waals surface area contributed by atoms with Gasteiger partial charge in [0.05, 0.1) is 4.88 Å². The average Bonchev–Trinajstić information content (AvgIpc) is 2.83. The van der Waals surface area contributed by atoms with E-state index in [2.05, 4.69) is 23.3 Å². The molecule has 1 aliphatic carbocycles. The van der Waals surface area contributed by atoms with Crippen molar-refractivity contribution in [1.29, 1.82) is 0 Å². The summed E-state index contributed by atoms with van der Waals surface area (Å²) < 4.78 is 0. The summed E-state index contributed by atoms with van der Waals surface area (Å²) in [6.45, 7) is 2.28. The number of carbonyl (C=O) groups is 1. The molecular weight excluding hydrogens is 256 g/mol. The van der Waals surface area contributed by atoms with Crippen molar-refractivity contribution >= 4 is 22.9 Å². The molecule has 0 bridgehead atoms. The van der Waals surface area contributed by atoms with Crippen LogP contribution in [0.25, 0.3) is 0 Å². The summed E-state index contributed by atoms with van der Waals surface area (Å²) >= 11 is 1.64. The number of fused-ring (bicyclic) bond motifs is 1. The normalized spacial score (nSPS) is 17.8. The van der Waals surface area contributed by atoms with Gasteiger partial charge in [0.25, 0.3) is 5.91 Å². The number of nitrogens with zero attached hydrogens (tertiary/aromatic N) is 1. The molecule has 1 atom stereocenters. The number of rotatable bonds is 2. The molecule has 98 valence electrons. The number of carbonyl (C=O) groups excluding carboxylic acids is 1.